The number of hydrogen-bond acceptors (Lipinski definition) is 3. The Balaban J connectivity index is 1.68. The van der Waals surface area contributed by atoms with E-state index in [1.165, 1.54) is 16.3 Å². The van der Waals surface area contributed by atoms with E-state index in [0.717, 1.165) is 32.6 Å². The van der Waals surface area contributed by atoms with Crippen LogP contribution < -0.4 is 5.32 Å². The van der Waals surface area contributed by atoms with E-state index in [1.54, 1.807) is 0 Å². The molecular formula is C19H25NO2. The van der Waals surface area contributed by atoms with Gasteiger partial charge in [0, 0.05) is 31.2 Å². The Morgan fingerprint density at radius 1 is 1.14 bits per heavy atom. The van der Waals surface area contributed by atoms with Gasteiger partial charge in [-0.3, -0.25) is 0 Å². The Labute approximate surface area is 132 Å². The quantitative estimate of drug-likeness (QED) is 0.890. The topological polar surface area (TPSA) is 41.5 Å². The number of nitrogens with one attached hydrogen (secondary N) is 1. The molecule has 1 saturated heterocycles. The number of aliphatic hydroxyl groups is 1. The van der Waals surface area contributed by atoms with Gasteiger partial charge in [-0.25, -0.2) is 0 Å². The van der Waals surface area contributed by atoms with E-state index in [2.05, 4.69) is 54.7 Å². The van der Waals surface area contributed by atoms with Gasteiger partial charge in [-0.2, -0.15) is 0 Å². The van der Waals surface area contributed by atoms with Gasteiger partial charge in [0.2, 0.25) is 0 Å². The minimum Gasteiger partial charge on any atom is -0.396 e. The van der Waals surface area contributed by atoms with Crippen molar-refractivity contribution in [3.05, 3.63) is 48.0 Å². The molecule has 1 atom stereocenters. The minimum atomic E-state index is -0.0244. The van der Waals surface area contributed by atoms with Crippen LogP contribution in [0.5, 0.6) is 0 Å². The van der Waals surface area contributed by atoms with Crippen LogP contribution in [0.2, 0.25) is 0 Å². The van der Waals surface area contributed by atoms with E-state index in [-0.39, 0.29) is 18.1 Å². The van der Waals surface area contributed by atoms with Gasteiger partial charge in [0.25, 0.3) is 0 Å². The third kappa shape index (κ3) is 3.32. The number of hydrogen-bond donors (Lipinski definition) is 2. The van der Waals surface area contributed by atoms with Crippen LogP contribution in [0.1, 0.15) is 31.4 Å². The fraction of sp³-hybridized carbons (Fsp3) is 0.474. The van der Waals surface area contributed by atoms with Crippen LogP contribution >= 0.6 is 0 Å². The molecule has 1 unspecified atom stereocenters. The molecule has 0 aromatic heterocycles. The van der Waals surface area contributed by atoms with Crippen molar-refractivity contribution in [1.29, 1.82) is 0 Å². The Hall–Kier alpha value is -1.42. The van der Waals surface area contributed by atoms with Gasteiger partial charge in [0.15, 0.2) is 0 Å². The number of aliphatic hydroxyl groups excluding tert-OH is 1. The Morgan fingerprint density at radius 2 is 1.86 bits per heavy atom. The maximum atomic E-state index is 9.77. The normalized spacial score (nSPS) is 19.2. The highest BCUT2D eigenvalue weighted by atomic mass is 16.5. The third-order valence-electron chi connectivity index (χ3n) is 4.95. The molecule has 22 heavy (non-hydrogen) atoms. The summed E-state index contributed by atoms with van der Waals surface area (Å²) in [5.41, 5.74) is 1.27. The van der Waals surface area contributed by atoms with E-state index in [1.807, 2.05) is 0 Å². The maximum Gasteiger partial charge on any atom is 0.0501 e. The van der Waals surface area contributed by atoms with Crippen molar-refractivity contribution in [1.82, 2.24) is 5.32 Å². The standard InChI is InChI=1S/C19H25NO2/c1-15(20-13-19(14-21)8-10-22-11-9-19)17-7-6-16-4-2-3-5-18(16)12-17/h2-7,12,15,20-21H,8-11,13-14H2,1H3. The van der Waals surface area contributed by atoms with Gasteiger partial charge in [0.05, 0.1) is 6.61 Å². The first-order chi connectivity index (χ1) is 10.7. The van der Waals surface area contributed by atoms with Crippen molar-refractivity contribution in [3.8, 4) is 0 Å². The highest BCUT2D eigenvalue weighted by molar-refractivity contribution is 5.83. The summed E-state index contributed by atoms with van der Waals surface area (Å²) >= 11 is 0. The van der Waals surface area contributed by atoms with Crippen molar-refractivity contribution < 1.29 is 9.84 Å². The number of rotatable bonds is 5. The van der Waals surface area contributed by atoms with Crippen molar-refractivity contribution >= 4 is 10.8 Å². The summed E-state index contributed by atoms with van der Waals surface area (Å²) in [7, 11) is 0. The molecule has 3 nitrogen and oxygen atoms in total. The van der Waals surface area contributed by atoms with Gasteiger partial charge in [-0.15, -0.1) is 0 Å². The lowest BCUT2D eigenvalue weighted by Gasteiger charge is -2.36. The van der Waals surface area contributed by atoms with Crippen molar-refractivity contribution in [3.63, 3.8) is 0 Å². The lowest BCUT2D eigenvalue weighted by molar-refractivity contribution is -0.0163. The van der Waals surface area contributed by atoms with Crippen LogP contribution in [0.4, 0.5) is 0 Å². The zero-order chi connectivity index (χ0) is 15.4. The summed E-state index contributed by atoms with van der Waals surface area (Å²) in [6.45, 7) is 4.77. The molecule has 3 heteroatoms. The largest absolute Gasteiger partial charge is 0.396 e. The summed E-state index contributed by atoms with van der Waals surface area (Å²) < 4.78 is 5.43. The van der Waals surface area contributed by atoms with E-state index in [4.69, 9.17) is 4.74 Å². The van der Waals surface area contributed by atoms with Gasteiger partial charge in [-0.1, -0.05) is 36.4 Å². The van der Waals surface area contributed by atoms with E-state index in [0.29, 0.717) is 0 Å². The molecule has 1 heterocycles. The molecule has 0 bridgehead atoms. The van der Waals surface area contributed by atoms with Gasteiger partial charge >= 0.3 is 0 Å². The fourth-order valence-electron chi connectivity index (χ4n) is 3.16. The summed E-state index contributed by atoms with van der Waals surface area (Å²) in [5.74, 6) is 0. The van der Waals surface area contributed by atoms with Gasteiger partial charge < -0.3 is 15.2 Å². The van der Waals surface area contributed by atoms with E-state index >= 15 is 0 Å². The third-order valence-corrected chi connectivity index (χ3v) is 4.95. The lowest BCUT2D eigenvalue weighted by Crippen LogP contribution is -2.42. The predicted octanol–water partition coefficient (Wildman–Crippen LogP) is 3.28. The highest BCUT2D eigenvalue weighted by Gasteiger charge is 2.32. The van der Waals surface area contributed by atoms with Crippen molar-refractivity contribution in [2.24, 2.45) is 5.41 Å². The smallest absolute Gasteiger partial charge is 0.0501 e. The second-order valence-corrected chi connectivity index (χ2v) is 6.48. The van der Waals surface area contributed by atoms with Crippen LogP contribution in [-0.4, -0.2) is 31.5 Å². The molecule has 0 saturated carbocycles. The number of ether oxygens (including phenoxy) is 1. The molecule has 1 fully saturated rings. The molecule has 0 spiro atoms. The minimum absolute atomic E-state index is 0.0244. The molecule has 0 amide bonds. The zero-order valence-corrected chi connectivity index (χ0v) is 13.2. The van der Waals surface area contributed by atoms with Crippen LogP contribution in [0, 0.1) is 5.41 Å². The van der Waals surface area contributed by atoms with Gasteiger partial charge in [0.1, 0.15) is 0 Å². The first kappa shape index (κ1) is 15.5. The van der Waals surface area contributed by atoms with Gasteiger partial charge in [-0.05, 0) is 42.2 Å². The predicted molar refractivity (Wildman–Crippen MR) is 89.9 cm³/mol. The molecule has 2 aromatic rings. The zero-order valence-electron chi connectivity index (χ0n) is 13.2. The van der Waals surface area contributed by atoms with Crippen LogP contribution in [-0.2, 0) is 4.74 Å². The molecular weight excluding hydrogens is 274 g/mol. The Kier molecular flexibility index (Phi) is 4.77. The maximum absolute atomic E-state index is 9.77. The molecule has 2 N–H and O–H groups in total. The summed E-state index contributed by atoms with van der Waals surface area (Å²) in [6, 6.07) is 15.3. The molecule has 118 valence electrons. The second-order valence-electron chi connectivity index (χ2n) is 6.48. The Bertz CT molecular complexity index is 620. The SMILES string of the molecule is CC(NCC1(CO)CCOCC1)c1ccc2ccccc2c1. The fourth-order valence-corrected chi connectivity index (χ4v) is 3.16. The first-order valence-corrected chi connectivity index (χ1v) is 8.13. The molecule has 0 aliphatic carbocycles. The van der Waals surface area contributed by atoms with Crippen LogP contribution in [0.25, 0.3) is 10.8 Å². The van der Waals surface area contributed by atoms with E-state index in [9.17, 15) is 5.11 Å². The summed E-state index contributed by atoms with van der Waals surface area (Å²) in [4.78, 5) is 0. The summed E-state index contributed by atoms with van der Waals surface area (Å²) in [6.07, 6.45) is 1.86. The number of benzene rings is 2. The molecule has 1 aliphatic rings. The molecule has 1 aliphatic heterocycles. The first-order valence-electron chi connectivity index (χ1n) is 8.13. The monoisotopic (exact) mass is 299 g/mol. The summed E-state index contributed by atoms with van der Waals surface area (Å²) in [5, 5.41) is 15.9. The van der Waals surface area contributed by atoms with Crippen LogP contribution in [0.15, 0.2) is 42.5 Å². The second kappa shape index (κ2) is 6.78. The molecule has 2 aromatic carbocycles. The lowest BCUT2D eigenvalue weighted by atomic mass is 9.80. The number of fused-ring (bicyclic) bond motifs is 1. The average molecular weight is 299 g/mol. The van der Waals surface area contributed by atoms with E-state index < -0.39 is 0 Å². The molecule has 0 radical (unpaired) electrons. The van der Waals surface area contributed by atoms with Crippen molar-refractivity contribution in [2.45, 2.75) is 25.8 Å². The van der Waals surface area contributed by atoms with Crippen molar-refractivity contribution in [2.75, 3.05) is 26.4 Å². The average Bonchev–Trinajstić information content (AvgIpc) is 2.60. The molecule has 3 rings (SSSR count). The van der Waals surface area contributed by atoms with Crippen LogP contribution in [0.3, 0.4) is 0 Å². The highest BCUT2D eigenvalue weighted by Crippen LogP contribution is 2.30. The Morgan fingerprint density at radius 3 is 2.59 bits per heavy atom.